The third-order valence-electron chi connectivity index (χ3n) is 4.42. The molecule has 8 heteroatoms. The molecule has 0 spiro atoms. The molecule has 4 N–H and O–H groups in total. The number of hydrogen-bond donors (Lipinski definition) is 2. The number of anilines is 1. The molecule has 3 rings (SSSR count). The number of nitrogens with two attached hydrogens (primary N) is 2. The maximum Gasteiger partial charge on any atom is 0.253 e. The summed E-state index contributed by atoms with van der Waals surface area (Å²) in [6, 6.07) is 8.94. The van der Waals surface area contributed by atoms with Crippen LogP contribution in [0.15, 0.2) is 35.5 Å². The van der Waals surface area contributed by atoms with Crippen LogP contribution in [0.4, 0.5) is 5.82 Å². The Morgan fingerprint density at radius 1 is 1.27 bits per heavy atom. The van der Waals surface area contributed by atoms with Crippen molar-refractivity contribution >= 4 is 29.4 Å². The number of carbonyl (C=O) groups excluding carboxylic acids is 2. The molecular weight excluding hydrogens is 350 g/mol. The Kier molecular flexibility index (Phi) is 5.41. The average molecular weight is 371 g/mol. The van der Waals surface area contributed by atoms with Gasteiger partial charge in [-0.1, -0.05) is 23.9 Å². The van der Waals surface area contributed by atoms with Gasteiger partial charge in [0.2, 0.25) is 5.91 Å². The highest BCUT2D eigenvalue weighted by Crippen LogP contribution is 2.24. The quantitative estimate of drug-likeness (QED) is 0.625. The van der Waals surface area contributed by atoms with Crippen molar-refractivity contribution < 1.29 is 9.59 Å². The van der Waals surface area contributed by atoms with Crippen molar-refractivity contribution in [3.63, 3.8) is 0 Å². The first kappa shape index (κ1) is 18.2. The number of carbonyl (C=O) groups is 2. The van der Waals surface area contributed by atoms with Gasteiger partial charge in [-0.3, -0.25) is 9.59 Å². The fourth-order valence-corrected chi connectivity index (χ4v) is 3.46. The van der Waals surface area contributed by atoms with E-state index in [2.05, 4.69) is 9.97 Å². The van der Waals surface area contributed by atoms with Crippen molar-refractivity contribution in [3.05, 3.63) is 35.9 Å². The molecule has 2 heterocycles. The number of rotatable bonds is 4. The van der Waals surface area contributed by atoms with Crippen molar-refractivity contribution in [2.75, 3.05) is 25.1 Å². The lowest BCUT2D eigenvalue weighted by atomic mass is 9.96. The van der Waals surface area contributed by atoms with Crippen molar-refractivity contribution in [3.8, 4) is 11.3 Å². The highest BCUT2D eigenvalue weighted by Gasteiger charge is 2.27. The molecular formula is C18H21N5O2S. The first-order chi connectivity index (χ1) is 12.5. The van der Waals surface area contributed by atoms with Gasteiger partial charge in [0.05, 0.1) is 11.6 Å². The molecule has 1 fully saturated rings. The minimum atomic E-state index is -0.350. The van der Waals surface area contributed by atoms with Crippen LogP contribution in [-0.2, 0) is 4.79 Å². The lowest BCUT2D eigenvalue weighted by Crippen LogP contribution is -2.44. The van der Waals surface area contributed by atoms with E-state index in [4.69, 9.17) is 11.5 Å². The summed E-state index contributed by atoms with van der Waals surface area (Å²) >= 11 is 1.41. The summed E-state index contributed by atoms with van der Waals surface area (Å²) in [5.41, 5.74) is 13.3. The second-order valence-corrected chi connectivity index (χ2v) is 7.01. The van der Waals surface area contributed by atoms with Crippen molar-refractivity contribution in [1.82, 2.24) is 14.9 Å². The molecule has 0 saturated carbocycles. The number of aromatic nitrogens is 2. The summed E-state index contributed by atoms with van der Waals surface area (Å²) < 4.78 is 0. The summed E-state index contributed by atoms with van der Waals surface area (Å²) in [5, 5.41) is 0.581. The highest BCUT2D eigenvalue weighted by molar-refractivity contribution is 7.98. The number of nitrogens with zero attached hydrogens (tertiary/aromatic N) is 3. The molecule has 1 aromatic heterocycles. The van der Waals surface area contributed by atoms with Crippen LogP contribution in [0.1, 0.15) is 23.2 Å². The van der Waals surface area contributed by atoms with Gasteiger partial charge >= 0.3 is 0 Å². The van der Waals surface area contributed by atoms with E-state index in [9.17, 15) is 9.59 Å². The van der Waals surface area contributed by atoms with E-state index >= 15 is 0 Å². The van der Waals surface area contributed by atoms with Crippen LogP contribution in [0.25, 0.3) is 11.3 Å². The minimum Gasteiger partial charge on any atom is -0.384 e. The van der Waals surface area contributed by atoms with Gasteiger partial charge in [0.15, 0.2) is 5.16 Å². The molecule has 2 aromatic rings. The zero-order valence-electron chi connectivity index (χ0n) is 14.5. The number of benzene rings is 1. The molecule has 0 radical (unpaired) electrons. The Bertz CT molecular complexity index is 842. The number of primary amides is 1. The monoisotopic (exact) mass is 371 g/mol. The molecule has 0 unspecified atom stereocenters. The maximum absolute atomic E-state index is 12.9. The van der Waals surface area contributed by atoms with Crippen LogP contribution in [0.2, 0.25) is 0 Å². The summed E-state index contributed by atoms with van der Waals surface area (Å²) in [7, 11) is 0. The van der Waals surface area contributed by atoms with Crippen LogP contribution in [-0.4, -0.2) is 46.0 Å². The average Bonchev–Trinajstić information content (AvgIpc) is 2.67. The Morgan fingerprint density at radius 3 is 2.81 bits per heavy atom. The van der Waals surface area contributed by atoms with Crippen LogP contribution < -0.4 is 11.5 Å². The number of hydrogen-bond acceptors (Lipinski definition) is 6. The molecule has 7 nitrogen and oxygen atoms in total. The molecule has 1 atom stereocenters. The summed E-state index contributed by atoms with van der Waals surface area (Å²) in [5.74, 6) is -0.347. The van der Waals surface area contributed by atoms with Crippen molar-refractivity contribution in [1.29, 1.82) is 0 Å². The van der Waals surface area contributed by atoms with E-state index < -0.39 is 0 Å². The number of amides is 2. The molecule has 0 aliphatic carbocycles. The number of thioether (sulfide) groups is 1. The predicted octanol–water partition coefficient (Wildman–Crippen LogP) is 1.79. The van der Waals surface area contributed by atoms with Gasteiger partial charge in [-0.05, 0) is 31.2 Å². The third-order valence-corrected chi connectivity index (χ3v) is 4.97. The van der Waals surface area contributed by atoms with E-state index in [0.29, 0.717) is 35.3 Å². The first-order valence-electron chi connectivity index (χ1n) is 8.35. The van der Waals surface area contributed by atoms with E-state index in [-0.39, 0.29) is 17.7 Å². The van der Waals surface area contributed by atoms with Gasteiger partial charge in [0, 0.05) is 30.3 Å². The first-order valence-corrected chi connectivity index (χ1v) is 9.58. The van der Waals surface area contributed by atoms with Crippen molar-refractivity contribution in [2.45, 2.75) is 18.0 Å². The number of piperidine rings is 1. The molecule has 2 amide bonds. The topological polar surface area (TPSA) is 115 Å². The summed E-state index contributed by atoms with van der Waals surface area (Å²) in [6.07, 6.45) is 3.39. The molecule has 1 saturated heterocycles. The van der Waals surface area contributed by atoms with E-state index in [1.807, 2.05) is 18.4 Å². The smallest absolute Gasteiger partial charge is 0.253 e. The van der Waals surface area contributed by atoms with Crippen LogP contribution in [0.5, 0.6) is 0 Å². The van der Waals surface area contributed by atoms with Gasteiger partial charge in [0.25, 0.3) is 5.91 Å². The van der Waals surface area contributed by atoms with Gasteiger partial charge in [0.1, 0.15) is 5.82 Å². The Hall–Kier alpha value is -2.61. The zero-order chi connectivity index (χ0) is 18.7. The van der Waals surface area contributed by atoms with Gasteiger partial charge in [-0.25, -0.2) is 9.97 Å². The van der Waals surface area contributed by atoms with Crippen LogP contribution >= 0.6 is 11.8 Å². The molecule has 26 heavy (non-hydrogen) atoms. The van der Waals surface area contributed by atoms with Gasteiger partial charge in [-0.15, -0.1) is 0 Å². The molecule has 0 bridgehead atoms. The number of likely N-dealkylation sites (tertiary alicyclic amines) is 1. The molecule has 1 aliphatic heterocycles. The van der Waals surface area contributed by atoms with Gasteiger partial charge < -0.3 is 16.4 Å². The standard InChI is InChI=1S/C18H21N5O2S/c1-26-18-21-14(9-15(19)22-18)11-4-2-5-12(8-11)17(25)23-7-3-6-13(10-23)16(20)24/h2,4-5,8-9,13H,3,6-7,10H2,1H3,(H2,20,24)(H2,19,21,22)/t13-/m1/s1. The fourth-order valence-electron chi connectivity index (χ4n) is 3.07. The largest absolute Gasteiger partial charge is 0.384 e. The molecule has 136 valence electrons. The van der Waals surface area contributed by atoms with E-state index in [1.54, 1.807) is 23.1 Å². The van der Waals surface area contributed by atoms with Gasteiger partial charge in [-0.2, -0.15) is 0 Å². The lowest BCUT2D eigenvalue weighted by Gasteiger charge is -2.31. The minimum absolute atomic E-state index is 0.107. The van der Waals surface area contributed by atoms with Crippen LogP contribution in [0.3, 0.4) is 0 Å². The van der Waals surface area contributed by atoms with E-state index in [1.165, 1.54) is 11.8 Å². The highest BCUT2D eigenvalue weighted by atomic mass is 32.2. The number of nitrogen functional groups attached to an aromatic ring is 1. The maximum atomic E-state index is 12.9. The molecule has 1 aliphatic rings. The Morgan fingerprint density at radius 2 is 2.08 bits per heavy atom. The lowest BCUT2D eigenvalue weighted by molar-refractivity contribution is -0.123. The molecule has 1 aromatic carbocycles. The second-order valence-electron chi connectivity index (χ2n) is 6.24. The van der Waals surface area contributed by atoms with E-state index in [0.717, 1.165) is 18.4 Å². The Balaban J connectivity index is 1.86. The SMILES string of the molecule is CSc1nc(N)cc(-c2cccc(C(=O)N3CCC[C@@H](C(N)=O)C3)c2)n1. The van der Waals surface area contributed by atoms with Crippen LogP contribution in [0, 0.1) is 5.92 Å². The fraction of sp³-hybridized carbons (Fsp3) is 0.333. The summed E-state index contributed by atoms with van der Waals surface area (Å²) in [4.78, 5) is 34.6. The van der Waals surface area contributed by atoms with Crippen molar-refractivity contribution in [2.24, 2.45) is 11.7 Å². The predicted molar refractivity (Wildman–Crippen MR) is 101 cm³/mol. The zero-order valence-corrected chi connectivity index (χ0v) is 15.3. The summed E-state index contributed by atoms with van der Waals surface area (Å²) in [6.45, 7) is 0.999. The Labute approximate surface area is 156 Å². The third kappa shape index (κ3) is 3.96. The second kappa shape index (κ2) is 7.74. The normalized spacial score (nSPS) is 17.1.